The van der Waals surface area contributed by atoms with E-state index in [0.717, 1.165) is 22.4 Å². The lowest BCUT2D eigenvalue weighted by molar-refractivity contribution is -0.107. The number of hydrogen-bond acceptors (Lipinski definition) is 3. The topological polar surface area (TPSA) is 43.1 Å². The van der Waals surface area contributed by atoms with Gasteiger partial charge in [-0.15, -0.1) is 11.3 Å². The van der Waals surface area contributed by atoms with Gasteiger partial charge < -0.3 is 10.5 Å². The second-order valence-electron chi connectivity index (χ2n) is 2.13. The first kappa shape index (κ1) is 7.28. The molecule has 1 aromatic rings. The van der Waals surface area contributed by atoms with Gasteiger partial charge in [0.1, 0.15) is 6.29 Å². The van der Waals surface area contributed by atoms with E-state index in [1.54, 1.807) is 11.3 Å². The van der Waals surface area contributed by atoms with Gasteiger partial charge in [-0.25, -0.2) is 0 Å². The molecule has 0 aliphatic heterocycles. The average Bonchev–Trinajstić information content (AvgIpc) is 2.20. The van der Waals surface area contributed by atoms with E-state index in [2.05, 4.69) is 0 Å². The number of thiophene rings is 1. The Morgan fingerprint density at radius 1 is 1.80 bits per heavy atom. The van der Waals surface area contributed by atoms with Crippen LogP contribution in [0.2, 0.25) is 0 Å². The summed E-state index contributed by atoms with van der Waals surface area (Å²) in [6, 6.07) is 0. The zero-order valence-corrected chi connectivity index (χ0v) is 6.57. The van der Waals surface area contributed by atoms with Crippen LogP contribution in [-0.4, -0.2) is 6.29 Å². The van der Waals surface area contributed by atoms with E-state index in [4.69, 9.17) is 5.73 Å². The summed E-state index contributed by atoms with van der Waals surface area (Å²) in [6.07, 6.45) is 1.33. The van der Waals surface area contributed by atoms with Crippen LogP contribution in [0.25, 0.3) is 0 Å². The maximum atomic E-state index is 10.1. The molecule has 0 atom stereocenters. The lowest BCUT2D eigenvalue weighted by atomic mass is 10.2. The Hall–Kier alpha value is -0.830. The maximum absolute atomic E-state index is 10.1. The first-order chi connectivity index (χ1) is 4.75. The summed E-state index contributed by atoms with van der Waals surface area (Å²) in [6.45, 7) is 1.94. The van der Waals surface area contributed by atoms with Gasteiger partial charge in [0.25, 0.3) is 0 Å². The minimum absolute atomic E-state index is 0.449. The Bertz CT molecular complexity index is 242. The van der Waals surface area contributed by atoms with Gasteiger partial charge in [0.2, 0.25) is 0 Å². The zero-order valence-electron chi connectivity index (χ0n) is 5.76. The largest absolute Gasteiger partial charge is 0.398 e. The third-order valence-electron chi connectivity index (χ3n) is 1.37. The SMILES string of the molecule is Cc1csc(CC=O)c1N. The summed E-state index contributed by atoms with van der Waals surface area (Å²) in [5.41, 5.74) is 7.49. The molecular weight excluding hydrogens is 146 g/mol. The van der Waals surface area contributed by atoms with Crippen molar-refractivity contribution in [2.75, 3.05) is 5.73 Å². The van der Waals surface area contributed by atoms with Crippen molar-refractivity contribution in [2.45, 2.75) is 13.3 Å². The Labute approximate surface area is 63.7 Å². The zero-order chi connectivity index (χ0) is 7.56. The highest BCUT2D eigenvalue weighted by Gasteiger charge is 2.02. The summed E-state index contributed by atoms with van der Waals surface area (Å²) < 4.78 is 0. The Morgan fingerprint density at radius 2 is 2.50 bits per heavy atom. The molecule has 0 saturated carbocycles. The van der Waals surface area contributed by atoms with Crippen LogP contribution in [0.4, 0.5) is 5.69 Å². The molecule has 0 saturated heterocycles. The van der Waals surface area contributed by atoms with Crippen LogP contribution >= 0.6 is 11.3 Å². The molecule has 1 rings (SSSR count). The van der Waals surface area contributed by atoms with E-state index >= 15 is 0 Å². The fourth-order valence-corrected chi connectivity index (χ4v) is 1.64. The van der Waals surface area contributed by atoms with Crippen LogP contribution < -0.4 is 5.73 Å². The maximum Gasteiger partial charge on any atom is 0.125 e. The molecule has 0 bridgehead atoms. The highest BCUT2D eigenvalue weighted by atomic mass is 32.1. The van der Waals surface area contributed by atoms with Gasteiger partial charge in [0, 0.05) is 17.0 Å². The summed E-state index contributed by atoms with van der Waals surface area (Å²) in [7, 11) is 0. The van der Waals surface area contributed by atoms with Crippen LogP contribution in [0.5, 0.6) is 0 Å². The third kappa shape index (κ3) is 1.19. The van der Waals surface area contributed by atoms with Crippen molar-refractivity contribution < 1.29 is 4.79 Å². The van der Waals surface area contributed by atoms with E-state index in [-0.39, 0.29) is 0 Å². The van der Waals surface area contributed by atoms with Gasteiger partial charge >= 0.3 is 0 Å². The number of aldehydes is 1. The Balaban J connectivity index is 2.93. The van der Waals surface area contributed by atoms with Gasteiger partial charge in [0.05, 0.1) is 0 Å². The molecule has 0 aromatic carbocycles. The van der Waals surface area contributed by atoms with E-state index in [1.165, 1.54) is 0 Å². The predicted molar refractivity (Wildman–Crippen MR) is 43.2 cm³/mol. The van der Waals surface area contributed by atoms with Crippen molar-refractivity contribution in [3.8, 4) is 0 Å². The second-order valence-corrected chi connectivity index (χ2v) is 3.09. The molecule has 2 nitrogen and oxygen atoms in total. The van der Waals surface area contributed by atoms with Crippen LogP contribution in [0.15, 0.2) is 5.38 Å². The number of carbonyl (C=O) groups excluding carboxylic acids is 1. The highest BCUT2D eigenvalue weighted by molar-refractivity contribution is 7.10. The molecule has 1 heterocycles. The highest BCUT2D eigenvalue weighted by Crippen LogP contribution is 2.23. The normalized spacial score (nSPS) is 9.70. The van der Waals surface area contributed by atoms with Crippen LogP contribution in [0.3, 0.4) is 0 Å². The minimum Gasteiger partial charge on any atom is -0.398 e. The van der Waals surface area contributed by atoms with E-state index in [0.29, 0.717) is 6.42 Å². The Kier molecular flexibility index (Phi) is 2.06. The predicted octanol–water partition coefficient (Wildman–Crippen LogP) is 1.38. The number of hydrogen-bond donors (Lipinski definition) is 1. The number of nitrogens with two attached hydrogens (primary N) is 1. The fraction of sp³-hybridized carbons (Fsp3) is 0.286. The Morgan fingerprint density at radius 3 is 2.90 bits per heavy atom. The molecule has 0 aliphatic rings. The van der Waals surface area contributed by atoms with Crippen molar-refractivity contribution in [1.29, 1.82) is 0 Å². The quantitative estimate of drug-likeness (QED) is 0.656. The van der Waals surface area contributed by atoms with Gasteiger partial charge in [-0.05, 0) is 17.9 Å². The molecular formula is C7H9NOS. The van der Waals surface area contributed by atoms with Gasteiger partial charge in [0.15, 0.2) is 0 Å². The summed E-state index contributed by atoms with van der Waals surface area (Å²) in [5, 5.41) is 1.97. The summed E-state index contributed by atoms with van der Waals surface area (Å²) in [4.78, 5) is 11.1. The number of aryl methyl sites for hydroxylation is 1. The molecule has 0 amide bonds. The van der Waals surface area contributed by atoms with E-state index in [9.17, 15) is 4.79 Å². The summed E-state index contributed by atoms with van der Waals surface area (Å²) >= 11 is 1.54. The third-order valence-corrected chi connectivity index (χ3v) is 2.51. The lowest BCUT2D eigenvalue weighted by Crippen LogP contribution is -1.90. The molecule has 10 heavy (non-hydrogen) atoms. The minimum atomic E-state index is 0.449. The summed E-state index contributed by atoms with van der Waals surface area (Å²) in [5.74, 6) is 0. The van der Waals surface area contributed by atoms with Crippen LogP contribution in [0, 0.1) is 6.92 Å². The molecule has 54 valence electrons. The lowest BCUT2D eigenvalue weighted by Gasteiger charge is -1.91. The standard InChI is InChI=1S/C7H9NOS/c1-5-4-10-6(2-3-9)7(5)8/h3-4H,2,8H2,1H3. The molecule has 0 radical (unpaired) electrons. The average molecular weight is 155 g/mol. The molecule has 0 spiro atoms. The first-order valence-electron chi connectivity index (χ1n) is 3.01. The number of nitrogen functional groups attached to an aromatic ring is 1. The molecule has 3 heteroatoms. The fourth-order valence-electron chi connectivity index (χ4n) is 0.740. The van der Waals surface area contributed by atoms with Crippen molar-refractivity contribution in [1.82, 2.24) is 0 Å². The monoisotopic (exact) mass is 155 g/mol. The van der Waals surface area contributed by atoms with Crippen molar-refractivity contribution >= 4 is 23.3 Å². The van der Waals surface area contributed by atoms with E-state index in [1.807, 2.05) is 12.3 Å². The van der Waals surface area contributed by atoms with Crippen molar-refractivity contribution in [3.63, 3.8) is 0 Å². The van der Waals surface area contributed by atoms with Gasteiger partial charge in [-0.1, -0.05) is 0 Å². The van der Waals surface area contributed by atoms with Gasteiger partial charge in [-0.2, -0.15) is 0 Å². The molecule has 1 aromatic heterocycles. The van der Waals surface area contributed by atoms with Crippen molar-refractivity contribution in [2.24, 2.45) is 0 Å². The number of rotatable bonds is 2. The van der Waals surface area contributed by atoms with E-state index < -0.39 is 0 Å². The van der Waals surface area contributed by atoms with Gasteiger partial charge in [-0.3, -0.25) is 0 Å². The number of anilines is 1. The first-order valence-corrected chi connectivity index (χ1v) is 3.89. The number of carbonyl (C=O) groups is 1. The molecule has 2 N–H and O–H groups in total. The molecule has 0 aliphatic carbocycles. The molecule has 0 unspecified atom stereocenters. The van der Waals surface area contributed by atoms with Crippen LogP contribution in [0.1, 0.15) is 10.4 Å². The second kappa shape index (κ2) is 2.84. The smallest absolute Gasteiger partial charge is 0.125 e. The van der Waals surface area contributed by atoms with Crippen molar-refractivity contribution in [3.05, 3.63) is 15.8 Å². The van der Waals surface area contributed by atoms with Crippen LogP contribution in [-0.2, 0) is 11.2 Å². The molecule has 0 fully saturated rings.